The summed E-state index contributed by atoms with van der Waals surface area (Å²) in [6.07, 6.45) is 5.79. The number of hydrogen-bond acceptors (Lipinski definition) is 6. The standard InChI is InChI=1S/C21H20N4O2/c1-25(20-15(22)4-3-11-23-20)14-7-8-18(24-12-14)27-17-6-2-5-16-19(17)21(9-10-21)13-26-16/h2-8,11-12H,9-10,13,22H2,1H3. The molecule has 5 rings (SSSR count). The number of nitrogen functional groups attached to an aromatic ring is 1. The molecule has 1 aliphatic heterocycles. The summed E-state index contributed by atoms with van der Waals surface area (Å²) in [5.41, 5.74) is 8.86. The molecule has 0 saturated heterocycles. The van der Waals surface area contributed by atoms with Gasteiger partial charge < -0.3 is 20.1 Å². The summed E-state index contributed by atoms with van der Waals surface area (Å²) >= 11 is 0. The van der Waals surface area contributed by atoms with Gasteiger partial charge in [0.05, 0.1) is 24.2 Å². The Morgan fingerprint density at radius 2 is 2.00 bits per heavy atom. The van der Waals surface area contributed by atoms with Gasteiger partial charge in [-0.2, -0.15) is 0 Å². The van der Waals surface area contributed by atoms with Crippen LogP contribution >= 0.6 is 0 Å². The number of rotatable bonds is 4. The second-order valence-electron chi connectivity index (χ2n) is 7.13. The summed E-state index contributed by atoms with van der Waals surface area (Å²) in [6.45, 7) is 0.755. The molecular formula is C21H20N4O2. The van der Waals surface area contributed by atoms with Crippen LogP contribution in [0.25, 0.3) is 0 Å². The summed E-state index contributed by atoms with van der Waals surface area (Å²) in [5, 5.41) is 0. The van der Waals surface area contributed by atoms with Crippen LogP contribution in [-0.4, -0.2) is 23.6 Å². The number of nitrogens with zero attached hydrogens (tertiary/aromatic N) is 3. The largest absolute Gasteiger partial charge is 0.492 e. The minimum absolute atomic E-state index is 0.155. The second-order valence-corrected chi connectivity index (χ2v) is 7.13. The van der Waals surface area contributed by atoms with Crippen molar-refractivity contribution in [2.45, 2.75) is 18.3 Å². The van der Waals surface area contributed by atoms with Gasteiger partial charge in [0.2, 0.25) is 5.88 Å². The monoisotopic (exact) mass is 360 g/mol. The van der Waals surface area contributed by atoms with Crippen LogP contribution in [0.5, 0.6) is 17.4 Å². The molecule has 2 aromatic heterocycles. The predicted molar refractivity (Wildman–Crippen MR) is 104 cm³/mol. The molecule has 0 atom stereocenters. The lowest BCUT2D eigenvalue weighted by molar-refractivity contribution is 0.323. The third-order valence-electron chi connectivity index (χ3n) is 5.33. The Hall–Kier alpha value is -3.28. The molecule has 1 saturated carbocycles. The van der Waals surface area contributed by atoms with E-state index in [-0.39, 0.29) is 5.41 Å². The van der Waals surface area contributed by atoms with Crippen molar-refractivity contribution in [2.75, 3.05) is 24.3 Å². The van der Waals surface area contributed by atoms with Crippen molar-refractivity contribution in [3.05, 3.63) is 60.4 Å². The first-order valence-electron chi connectivity index (χ1n) is 9.01. The van der Waals surface area contributed by atoms with Gasteiger partial charge in [0, 0.05) is 30.3 Å². The molecule has 3 heterocycles. The Morgan fingerprint density at radius 1 is 1.11 bits per heavy atom. The van der Waals surface area contributed by atoms with Crippen LogP contribution in [-0.2, 0) is 5.41 Å². The van der Waals surface area contributed by atoms with Crippen molar-refractivity contribution in [2.24, 2.45) is 0 Å². The molecule has 0 unspecified atom stereocenters. The number of nitrogens with two attached hydrogens (primary N) is 1. The van der Waals surface area contributed by atoms with Gasteiger partial charge in [-0.1, -0.05) is 6.07 Å². The molecule has 1 aromatic carbocycles. The van der Waals surface area contributed by atoms with Gasteiger partial charge in [0.15, 0.2) is 5.82 Å². The van der Waals surface area contributed by atoms with Gasteiger partial charge in [0.1, 0.15) is 11.5 Å². The normalized spacial score (nSPS) is 15.9. The van der Waals surface area contributed by atoms with Crippen molar-refractivity contribution in [1.82, 2.24) is 9.97 Å². The van der Waals surface area contributed by atoms with Gasteiger partial charge >= 0.3 is 0 Å². The van der Waals surface area contributed by atoms with E-state index in [0.717, 1.165) is 36.6 Å². The molecule has 1 spiro atoms. The zero-order valence-corrected chi connectivity index (χ0v) is 15.1. The SMILES string of the molecule is CN(c1ccc(Oc2cccc3c2C2(CC2)CO3)nc1)c1ncccc1N. The highest BCUT2D eigenvalue weighted by atomic mass is 16.5. The van der Waals surface area contributed by atoms with Crippen molar-refractivity contribution < 1.29 is 9.47 Å². The predicted octanol–water partition coefficient (Wildman–Crippen LogP) is 4.04. The lowest BCUT2D eigenvalue weighted by atomic mass is 9.97. The van der Waals surface area contributed by atoms with Crippen LogP contribution in [0.4, 0.5) is 17.2 Å². The summed E-state index contributed by atoms with van der Waals surface area (Å²) in [5.74, 6) is 3.02. The smallest absolute Gasteiger partial charge is 0.219 e. The molecule has 1 aliphatic carbocycles. The van der Waals surface area contributed by atoms with E-state index in [4.69, 9.17) is 15.2 Å². The molecule has 6 nitrogen and oxygen atoms in total. The third kappa shape index (κ3) is 2.65. The molecule has 2 aliphatic rings. The van der Waals surface area contributed by atoms with Crippen LogP contribution in [0.1, 0.15) is 18.4 Å². The third-order valence-corrected chi connectivity index (χ3v) is 5.33. The number of hydrogen-bond donors (Lipinski definition) is 1. The average molecular weight is 360 g/mol. The molecule has 2 N–H and O–H groups in total. The van der Waals surface area contributed by atoms with Crippen molar-refractivity contribution in [1.29, 1.82) is 0 Å². The van der Waals surface area contributed by atoms with E-state index in [9.17, 15) is 0 Å². The van der Waals surface area contributed by atoms with Crippen molar-refractivity contribution in [3.8, 4) is 17.4 Å². The zero-order chi connectivity index (χ0) is 18.4. The van der Waals surface area contributed by atoms with E-state index in [2.05, 4.69) is 9.97 Å². The average Bonchev–Trinajstić information content (AvgIpc) is 3.37. The van der Waals surface area contributed by atoms with E-state index in [1.54, 1.807) is 12.4 Å². The van der Waals surface area contributed by atoms with Crippen LogP contribution < -0.4 is 20.1 Å². The fourth-order valence-corrected chi connectivity index (χ4v) is 3.63. The first-order valence-corrected chi connectivity index (χ1v) is 9.01. The van der Waals surface area contributed by atoms with Crippen LogP contribution in [0.15, 0.2) is 54.9 Å². The number of ether oxygens (including phenoxy) is 2. The highest BCUT2D eigenvalue weighted by Gasteiger charge is 2.52. The van der Waals surface area contributed by atoms with Crippen molar-refractivity contribution >= 4 is 17.2 Å². The maximum Gasteiger partial charge on any atom is 0.219 e. The number of benzene rings is 1. The quantitative estimate of drug-likeness (QED) is 0.757. The van der Waals surface area contributed by atoms with Crippen LogP contribution in [0.3, 0.4) is 0 Å². The second kappa shape index (κ2) is 5.87. The van der Waals surface area contributed by atoms with Crippen LogP contribution in [0.2, 0.25) is 0 Å². The fourth-order valence-electron chi connectivity index (χ4n) is 3.63. The maximum atomic E-state index is 6.11. The fraction of sp³-hybridized carbons (Fsp3) is 0.238. The van der Waals surface area contributed by atoms with E-state index < -0.39 is 0 Å². The van der Waals surface area contributed by atoms with Gasteiger partial charge in [0.25, 0.3) is 0 Å². The van der Waals surface area contributed by atoms with Crippen molar-refractivity contribution in [3.63, 3.8) is 0 Å². The lowest BCUT2D eigenvalue weighted by Gasteiger charge is -2.19. The number of pyridine rings is 2. The Labute approximate surface area is 157 Å². The molecule has 0 bridgehead atoms. The lowest BCUT2D eigenvalue weighted by Crippen LogP contribution is -2.13. The highest BCUT2D eigenvalue weighted by molar-refractivity contribution is 5.70. The van der Waals surface area contributed by atoms with Gasteiger partial charge in [-0.3, -0.25) is 0 Å². The zero-order valence-electron chi connectivity index (χ0n) is 15.1. The molecule has 0 amide bonds. The molecule has 0 radical (unpaired) electrons. The van der Waals surface area contributed by atoms with Gasteiger partial charge in [-0.15, -0.1) is 0 Å². The van der Waals surface area contributed by atoms with Gasteiger partial charge in [-0.25, -0.2) is 9.97 Å². The van der Waals surface area contributed by atoms with E-state index in [0.29, 0.717) is 17.4 Å². The van der Waals surface area contributed by atoms with Crippen LogP contribution in [0, 0.1) is 0 Å². The van der Waals surface area contributed by atoms with E-state index in [1.807, 2.05) is 54.4 Å². The summed E-state index contributed by atoms with van der Waals surface area (Å²) in [6, 6.07) is 13.4. The Morgan fingerprint density at radius 3 is 2.74 bits per heavy atom. The highest BCUT2D eigenvalue weighted by Crippen LogP contribution is 2.58. The first-order chi connectivity index (χ1) is 13.2. The minimum Gasteiger partial charge on any atom is -0.492 e. The molecule has 1 fully saturated rings. The number of fused-ring (bicyclic) bond motifs is 2. The summed E-state index contributed by atoms with van der Waals surface area (Å²) in [4.78, 5) is 10.7. The maximum absolute atomic E-state index is 6.11. The first kappa shape index (κ1) is 15.9. The Balaban J connectivity index is 1.40. The minimum atomic E-state index is 0.155. The topological polar surface area (TPSA) is 73.5 Å². The molecular weight excluding hydrogens is 340 g/mol. The Bertz CT molecular complexity index is 999. The Kier molecular flexibility index (Phi) is 3.47. The molecule has 3 aromatic rings. The number of anilines is 3. The summed E-state index contributed by atoms with van der Waals surface area (Å²) < 4.78 is 12.0. The van der Waals surface area contributed by atoms with E-state index >= 15 is 0 Å². The number of aromatic nitrogens is 2. The molecule has 136 valence electrons. The van der Waals surface area contributed by atoms with E-state index in [1.165, 1.54) is 5.56 Å². The molecule has 27 heavy (non-hydrogen) atoms. The van der Waals surface area contributed by atoms with Gasteiger partial charge in [-0.05, 0) is 43.2 Å². The molecule has 6 heteroatoms. The summed E-state index contributed by atoms with van der Waals surface area (Å²) in [7, 11) is 1.91.